The second-order valence-electron chi connectivity index (χ2n) is 6.23. The number of aryl methyl sites for hydroxylation is 2. The molecule has 4 N–H and O–H groups in total. The molecule has 0 saturated heterocycles. The maximum atomic E-state index is 11.9. The molecule has 1 aromatic carbocycles. The van der Waals surface area contributed by atoms with E-state index < -0.39 is 24.0 Å². The fraction of sp³-hybridized carbons (Fsp3) is 0.529. The first-order valence-electron chi connectivity index (χ1n) is 7.54. The minimum Gasteiger partial charge on any atom is -0.383 e. The number of amides is 2. The molecule has 0 spiro atoms. The minimum absolute atomic E-state index is 0.188. The van der Waals surface area contributed by atoms with Crippen molar-refractivity contribution in [1.29, 1.82) is 0 Å². The molecule has 0 heterocycles. The van der Waals surface area contributed by atoms with Crippen LogP contribution in [0.1, 0.15) is 37.0 Å². The summed E-state index contributed by atoms with van der Waals surface area (Å²) >= 11 is 0. The molecule has 122 valence electrons. The molecule has 0 aromatic heterocycles. The first kappa shape index (κ1) is 18.2. The largest absolute Gasteiger partial charge is 0.383 e. The smallest absolute Gasteiger partial charge is 0.249 e. The number of aliphatic hydroxyl groups excluding tert-OH is 1. The van der Waals surface area contributed by atoms with Crippen molar-refractivity contribution in [3.05, 3.63) is 34.9 Å². The Bertz CT molecular complexity index is 541. The van der Waals surface area contributed by atoms with Crippen LogP contribution < -0.4 is 11.1 Å². The first-order valence-corrected chi connectivity index (χ1v) is 7.54. The van der Waals surface area contributed by atoms with Crippen molar-refractivity contribution in [1.82, 2.24) is 5.32 Å². The zero-order chi connectivity index (χ0) is 16.9. The van der Waals surface area contributed by atoms with E-state index in [0.29, 0.717) is 12.8 Å². The zero-order valence-electron chi connectivity index (χ0n) is 13.7. The van der Waals surface area contributed by atoms with Crippen molar-refractivity contribution in [3.63, 3.8) is 0 Å². The van der Waals surface area contributed by atoms with Crippen molar-refractivity contribution >= 4 is 11.8 Å². The maximum Gasteiger partial charge on any atom is 0.249 e. The molecule has 0 unspecified atom stereocenters. The quantitative estimate of drug-likeness (QED) is 0.707. The normalized spacial score (nSPS) is 13.7. The average molecular weight is 306 g/mol. The van der Waals surface area contributed by atoms with Crippen LogP contribution in [0.3, 0.4) is 0 Å². The summed E-state index contributed by atoms with van der Waals surface area (Å²) in [6.07, 6.45) is -0.459. The van der Waals surface area contributed by atoms with Crippen LogP contribution in [0.25, 0.3) is 0 Å². The molecule has 22 heavy (non-hydrogen) atoms. The third kappa shape index (κ3) is 5.48. The van der Waals surface area contributed by atoms with Gasteiger partial charge in [-0.2, -0.15) is 0 Å². The molecule has 0 fully saturated rings. The predicted octanol–water partition coefficient (Wildman–Crippen LogP) is 1.22. The molecule has 2 amide bonds. The lowest BCUT2D eigenvalue weighted by Gasteiger charge is -2.19. The molecule has 0 aliphatic heterocycles. The lowest BCUT2D eigenvalue weighted by Crippen LogP contribution is -2.49. The summed E-state index contributed by atoms with van der Waals surface area (Å²) in [5.74, 6) is -0.975. The standard InChI is InChI=1S/C17H26N2O3/c1-10(2)7-15(20)17(22)19-14(16(18)21)9-13-6-5-11(3)12(4)8-13/h5-6,8,10,14-15,20H,7,9H2,1-4H3,(H2,18,21)(H,19,22)/t14-,15-/m1/s1. The third-order valence-corrected chi connectivity index (χ3v) is 3.67. The van der Waals surface area contributed by atoms with E-state index in [1.807, 2.05) is 45.9 Å². The summed E-state index contributed by atoms with van der Waals surface area (Å²) in [5.41, 5.74) is 8.57. The fourth-order valence-corrected chi connectivity index (χ4v) is 2.21. The number of hydrogen-bond acceptors (Lipinski definition) is 3. The second-order valence-corrected chi connectivity index (χ2v) is 6.23. The van der Waals surface area contributed by atoms with Gasteiger partial charge in [0.1, 0.15) is 12.1 Å². The molecular weight excluding hydrogens is 280 g/mol. The molecule has 1 aromatic rings. The number of primary amides is 1. The number of aliphatic hydroxyl groups is 1. The maximum absolute atomic E-state index is 11.9. The Morgan fingerprint density at radius 2 is 1.86 bits per heavy atom. The van der Waals surface area contributed by atoms with E-state index in [-0.39, 0.29) is 5.92 Å². The van der Waals surface area contributed by atoms with Crippen LogP contribution in [0.4, 0.5) is 0 Å². The Morgan fingerprint density at radius 1 is 1.23 bits per heavy atom. The highest BCUT2D eigenvalue weighted by molar-refractivity contribution is 5.88. The van der Waals surface area contributed by atoms with E-state index in [9.17, 15) is 14.7 Å². The molecule has 1 rings (SSSR count). The van der Waals surface area contributed by atoms with Crippen molar-refractivity contribution in [2.45, 2.75) is 52.7 Å². The Hall–Kier alpha value is -1.88. The lowest BCUT2D eigenvalue weighted by molar-refractivity contribution is -0.133. The summed E-state index contributed by atoms with van der Waals surface area (Å²) in [6.45, 7) is 7.83. The zero-order valence-corrected chi connectivity index (χ0v) is 13.7. The predicted molar refractivity (Wildman–Crippen MR) is 86.2 cm³/mol. The topological polar surface area (TPSA) is 92.4 Å². The van der Waals surface area contributed by atoms with Gasteiger partial charge in [0.2, 0.25) is 11.8 Å². The van der Waals surface area contributed by atoms with Crippen LogP contribution in [0.2, 0.25) is 0 Å². The molecule has 0 bridgehead atoms. The van der Waals surface area contributed by atoms with Gasteiger partial charge in [-0.05, 0) is 42.9 Å². The number of hydrogen-bond donors (Lipinski definition) is 3. The molecule has 5 heteroatoms. The second kappa shape index (κ2) is 7.94. The van der Waals surface area contributed by atoms with Gasteiger partial charge in [-0.25, -0.2) is 0 Å². The van der Waals surface area contributed by atoms with E-state index in [1.165, 1.54) is 0 Å². The Balaban J connectivity index is 2.75. The minimum atomic E-state index is -1.12. The van der Waals surface area contributed by atoms with Crippen LogP contribution in [0, 0.1) is 19.8 Å². The molecule has 0 saturated carbocycles. The molecule has 2 atom stereocenters. The van der Waals surface area contributed by atoms with Gasteiger partial charge in [0.05, 0.1) is 0 Å². The number of nitrogens with one attached hydrogen (secondary N) is 1. The van der Waals surface area contributed by atoms with E-state index >= 15 is 0 Å². The monoisotopic (exact) mass is 306 g/mol. The SMILES string of the molecule is Cc1ccc(C[C@@H](NC(=O)[C@H](O)CC(C)C)C(N)=O)cc1C. The van der Waals surface area contributed by atoms with Gasteiger partial charge in [0.15, 0.2) is 0 Å². The Labute approximate surface area is 131 Å². The van der Waals surface area contributed by atoms with Gasteiger partial charge < -0.3 is 16.2 Å². The summed E-state index contributed by atoms with van der Waals surface area (Å²) in [5, 5.41) is 12.3. The van der Waals surface area contributed by atoms with Crippen LogP contribution in [0.15, 0.2) is 18.2 Å². The molecular formula is C17H26N2O3. The summed E-state index contributed by atoms with van der Waals surface area (Å²) in [6, 6.07) is 5.03. The van der Waals surface area contributed by atoms with E-state index in [4.69, 9.17) is 5.73 Å². The summed E-state index contributed by atoms with van der Waals surface area (Å²) in [4.78, 5) is 23.5. The van der Waals surface area contributed by atoms with Crippen molar-refractivity contribution < 1.29 is 14.7 Å². The van der Waals surface area contributed by atoms with Crippen LogP contribution in [0.5, 0.6) is 0 Å². The number of carbonyl (C=O) groups is 2. The van der Waals surface area contributed by atoms with Crippen molar-refractivity contribution in [3.8, 4) is 0 Å². The van der Waals surface area contributed by atoms with Crippen molar-refractivity contribution in [2.75, 3.05) is 0 Å². The number of benzene rings is 1. The number of rotatable bonds is 7. The number of carbonyl (C=O) groups excluding carboxylic acids is 2. The molecule has 5 nitrogen and oxygen atoms in total. The molecule has 0 radical (unpaired) electrons. The highest BCUT2D eigenvalue weighted by Crippen LogP contribution is 2.12. The van der Waals surface area contributed by atoms with Crippen LogP contribution in [-0.4, -0.2) is 29.1 Å². The van der Waals surface area contributed by atoms with Gasteiger partial charge in [-0.3, -0.25) is 9.59 Å². The van der Waals surface area contributed by atoms with Gasteiger partial charge in [-0.1, -0.05) is 32.0 Å². The van der Waals surface area contributed by atoms with E-state index in [0.717, 1.165) is 16.7 Å². The van der Waals surface area contributed by atoms with Crippen LogP contribution in [-0.2, 0) is 16.0 Å². The highest BCUT2D eigenvalue weighted by atomic mass is 16.3. The Morgan fingerprint density at radius 3 is 2.36 bits per heavy atom. The van der Waals surface area contributed by atoms with E-state index in [1.54, 1.807) is 0 Å². The van der Waals surface area contributed by atoms with Crippen LogP contribution >= 0.6 is 0 Å². The van der Waals surface area contributed by atoms with Crippen molar-refractivity contribution in [2.24, 2.45) is 11.7 Å². The summed E-state index contributed by atoms with van der Waals surface area (Å²) in [7, 11) is 0. The average Bonchev–Trinajstić information content (AvgIpc) is 2.41. The van der Waals surface area contributed by atoms with Gasteiger partial charge in [0, 0.05) is 6.42 Å². The van der Waals surface area contributed by atoms with E-state index in [2.05, 4.69) is 5.32 Å². The third-order valence-electron chi connectivity index (χ3n) is 3.67. The number of nitrogens with two attached hydrogens (primary N) is 1. The summed E-state index contributed by atoms with van der Waals surface area (Å²) < 4.78 is 0. The van der Waals surface area contributed by atoms with Gasteiger partial charge in [0.25, 0.3) is 0 Å². The van der Waals surface area contributed by atoms with Gasteiger partial charge >= 0.3 is 0 Å². The highest BCUT2D eigenvalue weighted by Gasteiger charge is 2.23. The molecule has 0 aliphatic carbocycles. The first-order chi connectivity index (χ1) is 10.2. The molecule has 0 aliphatic rings. The Kier molecular flexibility index (Phi) is 6.56. The lowest BCUT2D eigenvalue weighted by atomic mass is 10.00. The fourth-order valence-electron chi connectivity index (χ4n) is 2.21. The van der Waals surface area contributed by atoms with Gasteiger partial charge in [-0.15, -0.1) is 0 Å².